The van der Waals surface area contributed by atoms with Gasteiger partial charge in [-0.25, -0.2) is 0 Å². The first-order valence-electron chi connectivity index (χ1n) is 12.1. The lowest BCUT2D eigenvalue weighted by molar-refractivity contribution is -0.148. The van der Waals surface area contributed by atoms with E-state index < -0.39 is 58.0 Å². The fourth-order valence-corrected chi connectivity index (χ4v) is 6.20. The van der Waals surface area contributed by atoms with Crippen molar-refractivity contribution in [1.29, 1.82) is 0 Å². The number of aliphatic hydroxyl groups excluding tert-OH is 2. The summed E-state index contributed by atoms with van der Waals surface area (Å²) in [6.07, 6.45) is 2.81. The zero-order valence-electron chi connectivity index (χ0n) is 20.7. The first kappa shape index (κ1) is 25.9. The lowest BCUT2D eigenvalue weighted by atomic mass is 9.58. The summed E-state index contributed by atoms with van der Waals surface area (Å²) in [5, 5.41) is 44.7. The Morgan fingerprint density at radius 2 is 1.86 bits per heavy atom. The smallest absolute Gasteiger partial charge is 0.255 e. The van der Waals surface area contributed by atoms with Crippen LogP contribution in [0.5, 0.6) is 5.75 Å². The van der Waals surface area contributed by atoms with Crippen molar-refractivity contribution in [3.8, 4) is 5.75 Å². The number of fused-ring (bicyclic) bond motifs is 3. The molecule has 0 heterocycles. The van der Waals surface area contributed by atoms with E-state index in [9.17, 15) is 34.8 Å². The third-order valence-corrected chi connectivity index (χ3v) is 7.91. The van der Waals surface area contributed by atoms with Crippen LogP contribution in [0.3, 0.4) is 0 Å². The lowest BCUT2D eigenvalue weighted by Crippen LogP contribution is -2.63. The minimum Gasteiger partial charge on any atom is -0.510 e. The fraction of sp³-hybridized carbons (Fsp3) is 0.500. The maximum Gasteiger partial charge on any atom is 0.255 e. The van der Waals surface area contributed by atoms with E-state index in [0.717, 1.165) is 18.4 Å². The number of carbonyl (C=O) groups is 3. The van der Waals surface area contributed by atoms with Gasteiger partial charge in [-0.3, -0.25) is 19.3 Å². The van der Waals surface area contributed by atoms with Crippen molar-refractivity contribution in [2.75, 3.05) is 14.1 Å². The van der Waals surface area contributed by atoms with E-state index in [4.69, 9.17) is 11.5 Å². The number of carbonyl (C=O) groups excluding carboxylic acids is 3. The van der Waals surface area contributed by atoms with E-state index >= 15 is 0 Å². The number of hydrogen-bond donors (Lipinski definition) is 6. The second-order valence-corrected chi connectivity index (χ2v) is 10.2. The van der Waals surface area contributed by atoms with Gasteiger partial charge in [0, 0.05) is 23.6 Å². The highest BCUT2D eigenvalue weighted by Gasteiger charge is 2.63. The number of benzene rings is 1. The molecule has 36 heavy (non-hydrogen) atoms. The van der Waals surface area contributed by atoms with Gasteiger partial charge in [-0.15, -0.1) is 0 Å². The van der Waals surface area contributed by atoms with Crippen LogP contribution < -0.4 is 11.5 Å². The zero-order valence-corrected chi connectivity index (χ0v) is 20.7. The standard InChI is InChI=1S/C26H33N3O7/c1-4-5-6-11-7-13(10-27)20(30)17-14(11)8-12-9-15-19(29(2)3)22(32)18(25(28)35)24(34)26(15,36)23(33)16(12)21(17)31/h7,12,15,19,30,32-33,36H,4-6,8-10,27H2,1-3H3,(H2,28,35)/t12-,15-,19-,26-/m0/s1. The van der Waals surface area contributed by atoms with E-state index in [-0.39, 0.29) is 36.3 Å². The molecule has 3 aliphatic rings. The van der Waals surface area contributed by atoms with Gasteiger partial charge in [0.25, 0.3) is 5.91 Å². The minimum absolute atomic E-state index is 0.00102. The largest absolute Gasteiger partial charge is 0.510 e. The second kappa shape index (κ2) is 9.02. The van der Waals surface area contributed by atoms with Crippen molar-refractivity contribution in [1.82, 2.24) is 4.90 Å². The second-order valence-electron chi connectivity index (χ2n) is 10.2. The number of phenols is 1. The van der Waals surface area contributed by atoms with Crippen molar-refractivity contribution in [3.63, 3.8) is 0 Å². The number of amides is 1. The Labute approximate surface area is 208 Å². The highest BCUT2D eigenvalue weighted by Crippen LogP contribution is 2.52. The monoisotopic (exact) mass is 499 g/mol. The summed E-state index contributed by atoms with van der Waals surface area (Å²) in [5.74, 6) is -6.54. The number of unbranched alkanes of at least 4 members (excludes halogenated alkanes) is 1. The maximum absolute atomic E-state index is 13.8. The number of phenolic OH excluding ortho intramolecular Hbond substituents is 1. The number of aliphatic hydroxyl groups is 3. The van der Waals surface area contributed by atoms with Crippen LogP contribution in [0.4, 0.5) is 0 Å². The van der Waals surface area contributed by atoms with Crippen molar-refractivity contribution in [2.45, 2.75) is 57.2 Å². The topological polar surface area (TPSA) is 187 Å². The lowest BCUT2D eigenvalue weighted by Gasteiger charge is -2.50. The summed E-state index contributed by atoms with van der Waals surface area (Å²) >= 11 is 0. The maximum atomic E-state index is 13.8. The third kappa shape index (κ3) is 3.47. The molecule has 1 aromatic carbocycles. The van der Waals surface area contributed by atoms with Gasteiger partial charge >= 0.3 is 0 Å². The van der Waals surface area contributed by atoms with Crippen molar-refractivity contribution in [3.05, 3.63) is 51.0 Å². The first-order chi connectivity index (χ1) is 16.9. The molecule has 0 aromatic heterocycles. The van der Waals surface area contributed by atoms with Crippen LogP contribution in [0, 0.1) is 11.8 Å². The Hall–Kier alpha value is -3.21. The molecule has 0 bridgehead atoms. The number of nitrogens with two attached hydrogens (primary N) is 2. The van der Waals surface area contributed by atoms with Crippen molar-refractivity contribution < 1.29 is 34.8 Å². The molecule has 3 aliphatic carbocycles. The predicted octanol–water partition coefficient (Wildman–Crippen LogP) is 0.922. The number of ketones is 2. The molecule has 0 spiro atoms. The molecule has 10 nitrogen and oxygen atoms in total. The average molecular weight is 500 g/mol. The summed E-state index contributed by atoms with van der Waals surface area (Å²) in [4.78, 5) is 40.7. The molecule has 194 valence electrons. The Kier molecular flexibility index (Phi) is 6.48. The number of aryl methyl sites for hydroxylation is 1. The molecule has 0 saturated heterocycles. The molecule has 4 atom stereocenters. The molecule has 0 saturated carbocycles. The van der Waals surface area contributed by atoms with Gasteiger partial charge in [-0.05, 0) is 56.8 Å². The van der Waals surface area contributed by atoms with Crippen LogP contribution in [0.15, 0.2) is 28.7 Å². The summed E-state index contributed by atoms with van der Waals surface area (Å²) in [7, 11) is 3.20. The summed E-state index contributed by atoms with van der Waals surface area (Å²) in [5.41, 5.74) is 9.50. The van der Waals surface area contributed by atoms with E-state index in [0.29, 0.717) is 17.5 Å². The van der Waals surface area contributed by atoms with Crippen LogP contribution >= 0.6 is 0 Å². The van der Waals surface area contributed by atoms with Crippen LogP contribution in [0.25, 0.3) is 0 Å². The van der Waals surface area contributed by atoms with Gasteiger partial charge < -0.3 is 31.9 Å². The molecule has 0 radical (unpaired) electrons. The number of Topliss-reactive ketones (excluding diaryl/α,β-unsaturated/α-hetero) is 2. The number of allylic oxidation sites excluding steroid dienone is 1. The van der Waals surface area contributed by atoms with Crippen molar-refractivity contribution in [2.24, 2.45) is 23.3 Å². The molecular formula is C26H33N3O7. The first-order valence-corrected chi connectivity index (χ1v) is 12.1. The van der Waals surface area contributed by atoms with Crippen LogP contribution in [0.1, 0.15) is 53.2 Å². The Balaban J connectivity index is 1.96. The average Bonchev–Trinajstić information content (AvgIpc) is 2.80. The van der Waals surface area contributed by atoms with Gasteiger partial charge in [0.05, 0.1) is 11.6 Å². The van der Waals surface area contributed by atoms with Gasteiger partial charge in [0.1, 0.15) is 22.8 Å². The number of nitrogens with zero attached hydrogens (tertiary/aromatic N) is 1. The predicted molar refractivity (Wildman–Crippen MR) is 130 cm³/mol. The van der Waals surface area contributed by atoms with E-state index in [1.54, 1.807) is 14.1 Å². The normalized spacial score (nSPS) is 27.8. The van der Waals surface area contributed by atoms with E-state index in [1.807, 2.05) is 13.0 Å². The minimum atomic E-state index is -2.64. The number of hydrogen-bond acceptors (Lipinski definition) is 9. The Bertz CT molecular complexity index is 1230. The summed E-state index contributed by atoms with van der Waals surface area (Å²) in [6, 6.07) is 0.800. The molecule has 0 aliphatic heterocycles. The quantitative estimate of drug-likeness (QED) is 0.309. The molecule has 0 unspecified atom stereocenters. The number of aromatic hydroxyl groups is 1. The number of rotatable bonds is 6. The molecular weight excluding hydrogens is 466 g/mol. The molecule has 8 N–H and O–H groups in total. The van der Waals surface area contributed by atoms with Gasteiger partial charge in [0.2, 0.25) is 5.78 Å². The van der Waals surface area contributed by atoms with E-state index in [2.05, 4.69) is 0 Å². The SMILES string of the molecule is CCCCc1cc(CN)c(O)c2c1C[C@H]1C[C@H]3[C@H](N(C)C)C(O)=C(C(N)=O)C(=O)[C@@]3(O)C(O)=C1C2=O. The summed E-state index contributed by atoms with van der Waals surface area (Å²) < 4.78 is 0. The number of likely N-dealkylation sites (N-methyl/N-ethyl adjacent to an activating group) is 1. The number of primary amides is 1. The highest BCUT2D eigenvalue weighted by atomic mass is 16.3. The zero-order chi connectivity index (χ0) is 26.7. The van der Waals surface area contributed by atoms with Gasteiger partial charge in [0.15, 0.2) is 11.4 Å². The van der Waals surface area contributed by atoms with E-state index in [1.165, 1.54) is 4.90 Å². The third-order valence-electron chi connectivity index (χ3n) is 7.91. The van der Waals surface area contributed by atoms with Gasteiger partial charge in [-0.1, -0.05) is 19.4 Å². The molecule has 1 amide bonds. The van der Waals surface area contributed by atoms with Crippen molar-refractivity contribution >= 4 is 17.5 Å². The van der Waals surface area contributed by atoms with Crippen LogP contribution in [-0.2, 0) is 29.0 Å². The van der Waals surface area contributed by atoms with Crippen LogP contribution in [0.2, 0.25) is 0 Å². The van der Waals surface area contributed by atoms with Crippen LogP contribution in [-0.4, -0.2) is 68.5 Å². The molecule has 0 fully saturated rings. The summed E-state index contributed by atoms with van der Waals surface area (Å²) in [6.45, 7) is 2.05. The van der Waals surface area contributed by atoms with Gasteiger partial charge in [-0.2, -0.15) is 0 Å². The molecule has 4 rings (SSSR count). The molecule has 10 heteroatoms. The fourth-order valence-electron chi connectivity index (χ4n) is 6.20. The molecule has 1 aromatic rings. The Morgan fingerprint density at radius 1 is 1.19 bits per heavy atom. The Morgan fingerprint density at radius 3 is 2.42 bits per heavy atom. The highest BCUT2D eigenvalue weighted by molar-refractivity contribution is 6.24.